The lowest BCUT2D eigenvalue weighted by atomic mass is 10.0. The Balaban J connectivity index is 1.12. The van der Waals surface area contributed by atoms with Gasteiger partial charge in [-0.2, -0.15) is 0 Å². The summed E-state index contributed by atoms with van der Waals surface area (Å²) < 4.78 is 0. The standard InChI is InChI=1S/C31H34N4O4S/c1-18(2)27(35-15-22-5-3-4-6-24(22)30(35)38)31(39)34-16-23(36)13-25(34)29(37)32-14-19-7-9-21(10-8-19)28-26(20-11-12-20)33-17-40-28/h3-10,17-18,20,23,25,27,36H,11-16H2,1-2H3,(H,32,37)/t23?,25?,27-/m0/s1. The molecule has 2 fully saturated rings. The second kappa shape index (κ2) is 10.8. The second-order valence-electron chi connectivity index (χ2n) is 11.4. The van der Waals surface area contributed by atoms with Gasteiger partial charge in [-0.3, -0.25) is 14.4 Å². The van der Waals surface area contributed by atoms with E-state index in [2.05, 4.69) is 22.4 Å². The average Bonchev–Trinajstić information content (AvgIpc) is 3.39. The Morgan fingerprint density at radius 3 is 2.58 bits per heavy atom. The van der Waals surface area contributed by atoms with Gasteiger partial charge < -0.3 is 20.2 Å². The summed E-state index contributed by atoms with van der Waals surface area (Å²) in [5.74, 6) is -0.347. The summed E-state index contributed by atoms with van der Waals surface area (Å²) in [6.45, 7) is 4.56. The van der Waals surface area contributed by atoms with Gasteiger partial charge in [0.05, 0.1) is 22.2 Å². The van der Waals surface area contributed by atoms with Crippen LogP contribution in [0.3, 0.4) is 0 Å². The number of carbonyl (C=O) groups is 3. The zero-order valence-electron chi connectivity index (χ0n) is 22.7. The Morgan fingerprint density at radius 1 is 1.12 bits per heavy atom. The molecular formula is C31H34N4O4S. The predicted octanol–water partition coefficient (Wildman–Crippen LogP) is 3.95. The van der Waals surface area contributed by atoms with Crippen molar-refractivity contribution >= 4 is 29.1 Å². The number of nitrogens with one attached hydrogen (secondary N) is 1. The summed E-state index contributed by atoms with van der Waals surface area (Å²) in [5, 5.41) is 13.4. The lowest BCUT2D eigenvalue weighted by Gasteiger charge is -2.35. The molecule has 6 rings (SSSR count). The van der Waals surface area contributed by atoms with Crippen LogP contribution in [0.25, 0.3) is 10.4 Å². The number of thiazole rings is 1. The van der Waals surface area contributed by atoms with E-state index in [0.29, 0.717) is 24.6 Å². The highest BCUT2D eigenvalue weighted by atomic mass is 32.1. The van der Waals surface area contributed by atoms with Crippen LogP contribution in [-0.2, 0) is 22.7 Å². The van der Waals surface area contributed by atoms with Gasteiger partial charge in [-0.05, 0) is 41.5 Å². The van der Waals surface area contributed by atoms with E-state index in [9.17, 15) is 19.5 Å². The largest absolute Gasteiger partial charge is 0.391 e. The Hall–Kier alpha value is -3.56. The third kappa shape index (κ3) is 5.04. The lowest BCUT2D eigenvalue weighted by molar-refractivity contribution is -0.143. The van der Waals surface area contributed by atoms with Crippen molar-refractivity contribution in [2.45, 2.75) is 70.3 Å². The zero-order chi connectivity index (χ0) is 28.0. The quantitative estimate of drug-likeness (QED) is 0.436. The molecule has 8 nitrogen and oxygen atoms in total. The molecule has 1 aromatic heterocycles. The smallest absolute Gasteiger partial charge is 0.255 e. The molecule has 1 saturated carbocycles. The molecule has 40 heavy (non-hydrogen) atoms. The van der Waals surface area contributed by atoms with Crippen LogP contribution in [0.1, 0.15) is 66.2 Å². The minimum absolute atomic E-state index is 0.0714. The monoisotopic (exact) mass is 558 g/mol. The Kier molecular flexibility index (Phi) is 7.18. The number of β-amino-alcohol motifs (C(OH)–C–C–N with tert-alkyl or cyclic N) is 1. The maximum Gasteiger partial charge on any atom is 0.255 e. The number of benzene rings is 2. The number of hydrogen-bond donors (Lipinski definition) is 2. The molecule has 2 unspecified atom stereocenters. The molecule has 1 saturated heterocycles. The van der Waals surface area contributed by atoms with Crippen LogP contribution in [-0.4, -0.2) is 62.3 Å². The molecule has 3 atom stereocenters. The number of aliphatic hydroxyl groups excluding tert-OH is 1. The molecule has 3 amide bonds. The van der Waals surface area contributed by atoms with E-state index >= 15 is 0 Å². The van der Waals surface area contributed by atoms with Crippen LogP contribution in [0.5, 0.6) is 0 Å². The van der Waals surface area contributed by atoms with Crippen molar-refractivity contribution in [3.05, 3.63) is 76.4 Å². The van der Waals surface area contributed by atoms with E-state index in [1.807, 2.05) is 49.7 Å². The van der Waals surface area contributed by atoms with Crippen LogP contribution < -0.4 is 5.32 Å². The van der Waals surface area contributed by atoms with Crippen LogP contribution in [0.4, 0.5) is 0 Å². The topological polar surface area (TPSA) is 103 Å². The second-order valence-corrected chi connectivity index (χ2v) is 12.3. The Labute approximate surface area is 238 Å². The number of fused-ring (bicyclic) bond motifs is 1. The Morgan fingerprint density at radius 2 is 1.88 bits per heavy atom. The first kappa shape index (κ1) is 26.7. The molecule has 3 aromatic rings. The molecule has 9 heteroatoms. The van der Waals surface area contributed by atoms with E-state index in [-0.39, 0.29) is 36.6 Å². The number of hydrogen-bond acceptors (Lipinski definition) is 6. The lowest BCUT2D eigenvalue weighted by Crippen LogP contribution is -2.55. The highest BCUT2D eigenvalue weighted by Gasteiger charge is 2.45. The highest BCUT2D eigenvalue weighted by molar-refractivity contribution is 7.13. The molecule has 2 aliphatic heterocycles. The van der Waals surface area contributed by atoms with Gasteiger partial charge in [0, 0.05) is 37.5 Å². The van der Waals surface area contributed by atoms with Crippen molar-refractivity contribution in [3.8, 4) is 10.4 Å². The number of rotatable bonds is 8. The summed E-state index contributed by atoms with van der Waals surface area (Å²) in [5.41, 5.74) is 6.69. The van der Waals surface area contributed by atoms with Gasteiger partial charge in [-0.1, -0.05) is 56.3 Å². The molecule has 208 valence electrons. The number of carbonyl (C=O) groups excluding carboxylic acids is 3. The minimum Gasteiger partial charge on any atom is -0.391 e. The molecule has 2 aromatic carbocycles. The summed E-state index contributed by atoms with van der Waals surface area (Å²) in [6, 6.07) is 14.0. The molecule has 0 radical (unpaired) electrons. The Bertz CT molecular complexity index is 1430. The first-order valence-corrected chi connectivity index (χ1v) is 14.9. The maximum absolute atomic E-state index is 13.9. The van der Waals surface area contributed by atoms with Crippen molar-refractivity contribution in [2.24, 2.45) is 5.92 Å². The van der Waals surface area contributed by atoms with Crippen molar-refractivity contribution in [1.29, 1.82) is 0 Å². The van der Waals surface area contributed by atoms with Crippen LogP contribution in [0, 0.1) is 5.92 Å². The third-order valence-corrected chi connectivity index (χ3v) is 9.07. The van der Waals surface area contributed by atoms with Gasteiger partial charge in [-0.15, -0.1) is 11.3 Å². The van der Waals surface area contributed by atoms with Crippen molar-refractivity contribution in [2.75, 3.05) is 6.54 Å². The SMILES string of the molecule is CC(C)[C@@H](C(=O)N1CC(O)CC1C(=O)NCc1ccc(-c2scnc2C2CC2)cc1)N1Cc2ccccc2C1=O. The third-order valence-electron chi connectivity index (χ3n) is 8.18. The fraction of sp³-hybridized carbons (Fsp3) is 0.419. The summed E-state index contributed by atoms with van der Waals surface area (Å²) in [7, 11) is 0. The van der Waals surface area contributed by atoms with Gasteiger partial charge in [0.1, 0.15) is 12.1 Å². The molecule has 2 N–H and O–H groups in total. The van der Waals surface area contributed by atoms with E-state index in [1.165, 1.54) is 28.3 Å². The van der Waals surface area contributed by atoms with Crippen LogP contribution >= 0.6 is 11.3 Å². The van der Waals surface area contributed by atoms with E-state index in [1.54, 1.807) is 22.3 Å². The van der Waals surface area contributed by atoms with Crippen LogP contribution in [0.15, 0.2) is 54.0 Å². The number of amides is 3. The fourth-order valence-corrected chi connectivity index (χ4v) is 6.84. The van der Waals surface area contributed by atoms with E-state index in [0.717, 1.165) is 16.7 Å². The van der Waals surface area contributed by atoms with Gasteiger partial charge in [0.2, 0.25) is 11.8 Å². The molecular weight excluding hydrogens is 524 g/mol. The predicted molar refractivity (Wildman–Crippen MR) is 152 cm³/mol. The normalized spacial score (nSPS) is 21.1. The first-order valence-electron chi connectivity index (χ1n) is 14.0. The van der Waals surface area contributed by atoms with Gasteiger partial charge in [0.25, 0.3) is 5.91 Å². The van der Waals surface area contributed by atoms with Crippen LogP contribution in [0.2, 0.25) is 0 Å². The number of aliphatic hydroxyl groups is 1. The summed E-state index contributed by atoms with van der Waals surface area (Å²) in [4.78, 5) is 49.2. The fourth-order valence-electron chi connectivity index (χ4n) is 5.96. The van der Waals surface area contributed by atoms with Gasteiger partial charge in [0.15, 0.2) is 0 Å². The summed E-state index contributed by atoms with van der Waals surface area (Å²) in [6.07, 6.45) is 1.79. The highest BCUT2D eigenvalue weighted by Crippen LogP contribution is 2.45. The van der Waals surface area contributed by atoms with Crippen molar-refractivity contribution in [1.82, 2.24) is 20.1 Å². The maximum atomic E-state index is 13.9. The van der Waals surface area contributed by atoms with Gasteiger partial charge >= 0.3 is 0 Å². The van der Waals surface area contributed by atoms with Crippen molar-refractivity contribution < 1.29 is 19.5 Å². The number of nitrogens with zero attached hydrogens (tertiary/aromatic N) is 3. The zero-order valence-corrected chi connectivity index (χ0v) is 23.6. The molecule has 3 heterocycles. The molecule has 0 spiro atoms. The minimum atomic E-state index is -0.793. The molecule has 1 aliphatic carbocycles. The summed E-state index contributed by atoms with van der Waals surface area (Å²) >= 11 is 1.66. The molecule has 0 bridgehead atoms. The molecule has 3 aliphatic rings. The average molecular weight is 559 g/mol. The number of aromatic nitrogens is 1. The van der Waals surface area contributed by atoms with E-state index in [4.69, 9.17) is 0 Å². The van der Waals surface area contributed by atoms with Crippen molar-refractivity contribution in [3.63, 3.8) is 0 Å². The van der Waals surface area contributed by atoms with Gasteiger partial charge in [-0.25, -0.2) is 4.98 Å². The number of likely N-dealkylation sites (tertiary alicyclic amines) is 1. The van der Waals surface area contributed by atoms with E-state index < -0.39 is 18.2 Å². The first-order chi connectivity index (χ1) is 19.3.